The molecule has 2 N–H and O–H groups in total. The van der Waals surface area contributed by atoms with Gasteiger partial charge in [0.25, 0.3) is 11.8 Å². The number of anilines is 1. The number of rotatable bonds is 5. The Labute approximate surface area is 175 Å². The molecule has 3 rings (SSSR count). The van der Waals surface area contributed by atoms with Crippen LogP contribution in [0.15, 0.2) is 47.4 Å². The van der Waals surface area contributed by atoms with Gasteiger partial charge in [0, 0.05) is 5.02 Å². The van der Waals surface area contributed by atoms with E-state index in [0.29, 0.717) is 30.7 Å². The van der Waals surface area contributed by atoms with E-state index in [0.717, 1.165) is 5.56 Å². The summed E-state index contributed by atoms with van der Waals surface area (Å²) in [6.07, 6.45) is 1.73. The molecular weight excluding hydrogens is 427 g/mol. The van der Waals surface area contributed by atoms with Crippen LogP contribution in [0, 0.1) is 0 Å². The van der Waals surface area contributed by atoms with Crippen LogP contribution in [0.5, 0.6) is 5.75 Å². The molecule has 0 saturated carbocycles. The van der Waals surface area contributed by atoms with E-state index in [1.807, 2.05) is 0 Å². The Balaban J connectivity index is 1.56. The molecule has 0 radical (unpaired) electrons. The van der Waals surface area contributed by atoms with Gasteiger partial charge in [-0.1, -0.05) is 59.3 Å². The quantitative estimate of drug-likeness (QED) is 0.531. The van der Waals surface area contributed by atoms with Gasteiger partial charge in [-0.2, -0.15) is 0 Å². The Morgan fingerprint density at radius 3 is 2.63 bits per heavy atom. The van der Waals surface area contributed by atoms with Gasteiger partial charge >= 0.3 is 0 Å². The predicted molar refractivity (Wildman–Crippen MR) is 113 cm³/mol. The maximum absolute atomic E-state index is 12.0. The van der Waals surface area contributed by atoms with Gasteiger partial charge in [0.05, 0.1) is 15.6 Å². The number of ether oxygens (including phenoxy) is 1. The molecule has 0 aromatic heterocycles. The third-order valence-electron chi connectivity index (χ3n) is 3.39. The molecule has 1 saturated heterocycles. The Morgan fingerprint density at radius 2 is 1.96 bits per heavy atom. The fourth-order valence-corrected chi connectivity index (χ4v) is 3.54. The van der Waals surface area contributed by atoms with Crippen LogP contribution >= 0.6 is 47.2 Å². The third kappa shape index (κ3) is 5.46. The maximum Gasteiger partial charge on any atom is 0.263 e. The molecule has 138 valence electrons. The molecule has 5 nitrogen and oxygen atoms in total. The van der Waals surface area contributed by atoms with Crippen LogP contribution in [-0.2, 0) is 9.59 Å². The van der Waals surface area contributed by atoms with E-state index in [-0.39, 0.29) is 18.4 Å². The van der Waals surface area contributed by atoms with Gasteiger partial charge in [-0.15, -0.1) is 0 Å². The second kappa shape index (κ2) is 8.75. The second-order valence-electron chi connectivity index (χ2n) is 5.38. The zero-order valence-corrected chi connectivity index (χ0v) is 16.8. The fourth-order valence-electron chi connectivity index (χ4n) is 2.16. The first-order valence-electron chi connectivity index (χ1n) is 7.63. The minimum absolute atomic E-state index is 0.185. The van der Waals surface area contributed by atoms with E-state index in [1.54, 1.807) is 48.5 Å². The SMILES string of the molecule is O=C(COc1ccc(/C=C2\SC(=S)NC2=O)cc1)Nc1cc(Cl)ccc1Cl. The van der Waals surface area contributed by atoms with Crippen molar-refractivity contribution in [3.63, 3.8) is 0 Å². The van der Waals surface area contributed by atoms with Crippen LogP contribution in [0.4, 0.5) is 5.69 Å². The summed E-state index contributed by atoms with van der Waals surface area (Å²) in [7, 11) is 0. The fraction of sp³-hybridized carbons (Fsp3) is 0.0556. The molecule has 1 aliphatic heterocycles. The molecular formula is C18H12Cl2N2O3S2. The topological polar surface area (TPSA) is 67.4 Å². The summed E-state index contributed by atoms with van der Waals surface area (Å²) in [6.45, 7) is -0.185. The number of carbonyl (C=O) groups is 2. The van der Waals surface area contributed by atoms with E-state index in [4.69, 9.17) is 40.2 Å². The average Bonchev–Trinajstić information content (AvgIpc) is 2.94. The summed E-state index contributed by atoms with van der Waals surface area (Å²) in [5, 5.41) is 6.05. The Morgan fingerprint density at radius 1 is 1.22 bits per heavy atom. The number of hydrogen-bond donors (Lipinski definition) is 2. The molecule has 2 aromatic carbocycles. The van der Waals surface area contributed by atoms with Gasteiger partial charge in [-0.3, -0.25) is 9.59 Å². The highest BCUT2D eigenvalue weighted by atomic mass is 35.5. The van der Waals surface area contributed by atoms with Gasteiger partial charge in [0.15, 0.2) is 6.61 Å². The van der Waals surface area contributed by atoms with Crippen LogP contribution in [0.2, 0.25) is 10.0 Å². The highest BCUT2D eigenvalue weighted by Gasteiger charge is 2.21. The number of halogens is 2. The number of hydrogen-bond acceptors (Lipinski definition) is 5. The molecule has 0 atom stereocenters. The first-order valence-corrected chi connectivity index (χ1v) is 9.61. The second-order valence-corrected chi connectivity index (χ2v) is 7.94. The molecule has 9 heteroatoms. The number of thiocarbonyl (C=S) groups is 1. The average molecular weight is 439 g/mol. The summed E-state index contributed by atoms with van der Waals surface area (Å²) in [6, 6.07) is 11.8. The van der Waals surface area contributed by atoms with Crippen LogP contribution in [0.25, 0.3) is 6.08 Å². The number of amides is 2. The molecule has 0 bridgehead atoms. The molecule has 2 amide bonds. The van der Waals surface area contributed by atoms with Crippen molar-refractivity contribution in [3.8, 4) is 5.75 Å². The van der Waals surface area contributed by atoms with Crippen LogP contribution in [0.3, 0.4) is 0 Å². The molecule has 0 unspecified atom stereocenters. The molecule has 1 aliphatic rings. The molecule has 0 aliphatic carbocycles. The minimum Gasteiger partial charge on any atom is -0.484 e. The smallest absolute Gasteiger partial charge is 0.263 e. The monoisotopic (exact) mass is 438 g/mol. The zero-order chi connectivity index (χ0) is 19.4. The highest BCUT2D eigenvalue weighted by molar-refractivity contribution is 8.26. The molecule has 1 heterocycles. The van der Waals surface area contributed by atoms with Crippen molar-refractivity contribution in [2.75, 3.05) is 11.9 Å². The number of carbonyl (C=O) groups excluding carboxylic acids is 2. The Bertz CT molecular complexity index is 946. The lowest BCUT2D eigenvalue weighted by molar-refractivity contribution is -0.118. The largest absolute Gasteiger partial charge is 0.484 e. The van der Waals surface area contributed by atoms with Gasteiger partial charge < -0.3 is 15.4 Å². The summed E-state index contributed by atoms with van der Waals surface area (Å²) in [5.74, 6) is -0.0527. The summed E-state index contributed by atoms with van der Waals surface area (Å²) in [4.78, 5) is 24.2. The van der Waals surface area contributed by atoms with Crippen LogP contribution < -0.4 is 15.4 Å². The maximum atomic E-state index is 12.0. The van der Waals surface area contributed by atoms with Gasteiger partial charge in [-0.05, 0) is 42.0 Å². The van der Waals surface area contributed by atoms with E-state index >= 15 is 0 Å². The van der Waals surface area contributed by atoms with Gasteiger partial charge in [0.1, 0.15) is 10.1 Å². The standard InChI is InChI=1S/C18H12Cl2N2O3S2/c19-11-3-6-13(20)14(8-11)21-16(23)9-25-12-4-1-10(2-5-12)7-15-17(24)22-18(26)27-15/h1-8H,9H2,(H,21,23)(H,22,24,26)/b15-7-. The number of nitrogens with one attached hydrogen (secondary N) is 2. The van der Waals surface area contributed by atoms with Crippen LogP contribution in [-0.4, -0.2) is 22.7 Å². The summed E-state index contributed by atoms with van der Waals surface area (Å²) in [5.41, 5.74) is 1.24. The van der Waals surface area contributed by atoms with Crippen molar-refractivity contribution < 1.29 is 14.3 Å². The van der Waals surface area contributed by atoms with E-state index in [9.17, 15) is 9.59 Å². The van der Waals surface area contributed by atoms with E-state index < -0.39 is 0 Å². The third-order valence-corrected chi connectivity index (χ3v) is 5.12. The van der Waals surface area contributed by atoms with E-state index in [2.05, 4.69) is 10.6 Å². The zero-order valence-electron chi connectivity index (χ0n) is 13.6. The van der Waals surface area contributed by atoms with Gasteiger partial charge in [0.2, 0.25) is 0 Å². The lowest BCUT2D eigenvalue weighted by atomic mass is 10.2. The van der Waals surface area contributed by atoms with Crippen molar-refractivity contribution in [1.82, 2.24) is 5.32 Å². The number of benzene rings is 2. The lowest BCUT2D eigenvalue weighted by Gasteiger charge is -2.09. The first-order chi connectivity index (χ1) is 12.9. The predicted octanol–water partition coefficient (Wildman–Crippen LogP) is 4.50. The minimum atomic E-state index is -0.363. The Hall–Kier alpha value is -2.06. The van der Waals surface area contributed by atoms with E-state index in [1.165, 1.54) is 11.8 Å². The molecule has 0 spiro atoms. The molecule has 1 fully saturated rings. The normalized spacial score (nSPS) is 15.0. The summed E-state index contributed by atoms with van der Waals surface area (Å²) < 4.78 is 5.90. The highest BCUT2D eigenvalue weighted by Crippen LogP contribution is 2.27. The van der Waals surface area contributed by atoms with Crippen molar-refractivity contribution in [2.24, 2.45) is 0 Å². The van der Waals surface area contributed by atoms with Crippen molar-refractivity contribution in [1.29, 1.82) is 0 Å². The van der Waals surface area contributed by atoms with Crippen LogP contribution in [0.1, 0.15) is 5.56 Å². The van der Waals surface area contributed by atoms with Crippen molar-refractivity contribution >= 4 is 75.1 Å². The van der Waals surface area contributed by atoms with Crippen molar-refractivity contribution in [2.45, 2.75) is 0 Å². The van der Waals surface area contributed by atoms with Crippen molar-refractivity contribution in [3.05, 3.63) is 63.0 Å². The summed E-state index contributed by atoms with van der Waals surface area (Å²) >= 11 is 18.1. The number of thioether (sulfide) groups is 1. The van der Waals surface area contributed by atoms with Gasteiger partial charge in [-0.25, -0.2) is 0 Å². The molecule has 27 heavy (non-hydrogen) atoms. The lowest BCUT2D eigenvalue weighted by Crippen LogP contribution is -2.20. The molecule has 2 aromatic rings. The Kier molecular flexibility index (Phi) is 6.38. The first kappa shape index (κ1) is 19.7.